The van der Waals surface area contributed by atoms with E-state index in [0.29, 0.717) is 24.7 Å². The number of aromatic nitrogens is 1. The molecule has 1 aliphatic heterocycles. The summed E-state index contributed by atoms with van der Waals surface area (Å²) in [4.78, 5) is 29.6. The standard InChI is InChI=1S/C28H35N3O3S/c1-18(2)34-21-11-9-20(10-12-21)16-31-26(32)24-15-25-23(13-14-35-25)30(24)17-28(31,4)27(33)29-22-8-6-5-7-19(22)3/h9-15,18-19,22H,5-8,16-17H2,1-4H3,(H,29,33)/t19-,22+,28+/m0/s1. The van der Waals surface area contributed by atoms with Crippen LogP contribution in [0.5, 0.6) is 5.75 Å². The monoisotopic (exact) mass is 493 g/mol. The molecule has 2 aliphatic rings. The third-order valence-electron chi connectivity index (χ3n) is 7.60. The molecule has 3 atom stereocenters. The normalized spacial score (nSPS) is 24.6. The fraction of sp³-hybridized carbons (Fsp3) is 0.500. The highest BCUT2D eigenvalue weighted by Gasteiger charge is 2.48. The summed E-state index contributed by atoms with van der Waals surface area (Å²) in [5.74, 6) is 1.08. The van der Waals surface area contributed by atoms with E-state index in [1.54, 1.807) is 16.2 Å². The molecule has 6 nitrogen and oxygen atoms in total. The molecule has 1 N–H and O–H groups in total. The highest BCUT2D eigenvalue weighted by molar-refractivity contribution is 7.17. The number of fused-ring (bicyclic) bond motifs is 3. The molecule has 2 amide bonds. The Morgan fingerprint density at radius 2 is 1.94 bits per heavy atom. The van der Waals surface area contributed by atoms with Crippen LogP contribution in [0.2, 0.25) is 0 Å². The summed E-state index contributed by atoms with van der Waals surface area (Å²) < 4.78 is 8.89. The Morgan fingerprint density at radius 1 is 1.20 bits per heavy atom. The lowest BCUT2D eigenvalue weighted by molar-refractivity contribution is -0.134. The van der Waals surface area contributed by atoms with Gasteiger partial charge in [0.1, 0.15) is 17.0 Å². The van der Waals surface area contributed by atoms with Crippen molar-refractivity contribution in [3.05, 3.63) is 53.0 Å². The van der Waals surface area contributed by atoms with E-state index in [1.807, 2.05) is 67.1 Å². The van der Waals surface area contributed by atoms with Crippen LogP contribution in [0.4, 0.5) is 0 Å². The quantitative estimate of drug-likeness (QED) is 0.486. The number of ether oxygens (including phenoxy) is 1. The van der Waals surface area contributed by atoms with E-state index in [4.69, 9.17) is 4.74 Å². The summed E-state index contributed by atoms with van der Waals surface area (Å²) in [6, 6.07) is 12.0. The van der Waals surface area contributed by atoms with E-state index < -0.39 is 5.54 Å². The number of nitrogens with zero attached hydrogens (tertiary/aromatic N) is 2. The predicted octanol–water partition coefficient (Wildman–Crippen LogP) is 5.60. The van der Waals surface area contributed by atoms with E-state index in [9.17, 15) is 9.59 Å². The first kappa shape index (κ1) is 23.9. The molecule has 7 heteroatoms. The molecule has 0 radical (unpaired) electrons. The maximum Gasteiger partial charge on any atom is 0.271 e. The summed E-state index contributed by atoms with van der Waals surface area (Å²) in [5, 5.41) is 5.39. The number of carbonyl (C=O) groups is 2. The Hall–Kier alpha value is -2.80. The molecule has 1 aliphatic carbocycles. The minimum atomic E-state index is -0.998. The second kappa shape index (κ2) is 9.34. The van der Waals surface area contributed by atoms with E-state index in [2.05, 4.69) is 12.2 Å². The summed E-state index contributed by atoms with van der Waals surface area (Å²) in [6.45, 7) is 8.94. The molecule has 3 aromatic rings. The Morgan fingerprint density at radius 3 is 2.66 bits per heavy atom. The maximum absolute atomic E-state index is 13.9. The van der Waals surface area contributed by atoms with Crippen molar-refractivity contribution in [3.8, 4) is 5.75 Å². The summed E-state index contributed by atoms with van der Waals surface area (Å²) in [5.41, 5.74) is 1.66. The number of benzene rings is 1. The van der Waals surface area contributed by atoms with Crippen molar-refractivity contribution in [2.45, 2.75) is 84.2 Å². The number of hydrogen-bond acceptors (Lipinski definition) is 4. The smallest absolute Gasteiger partial charge is 0.271 e. The Bertz CT molecular complexity index is 1230. The SMILES string of the molecule is CC(C)Oc1ccc(CN2C(=O)c3cc4sccc4n3C[C@]2(C)C(=O)N[C@@H]2CCCC[C@@H]2C)cc1. The number of carbonyl (C=O) groups excluding carboxylic acids is 2. The van der Waals surface area contributed by atoms with Crippen LogP contribution in [-0.2, 0) is 17.9 Å². The minimum absolute atomic E-state index is 0.0629. The zero-order valence-corrected chi connectivity index (χ0v) is 21.9. The lowest BCUT2D eigenvalue weighted by Gasteiger charge is -2.45. The molecule has 0 unspecified atom stereocenters. The van der Waals surface area contributed by atoms with Gasteiger partial charge in [-0.3, -0.25) is 9.59 Å². The van der Waals surface area contributed by atoms with Gasteiger partial charge in [0, 0.05) is 12.6 Å². The van der Waals surface area contributed by atoms with Crippen LogP contribution in [0.25, 0.3) is 10.2 Å². The van der Waals surface area contributed by atoms with Crippen LogP contribution < -0.4 is 10.1 Å². The van der Waals surface area contributed by atoms with Gasteiger partial charge in [-0.15, -0.1) is 11.3 Å². The molecule has 1 fully saturated rings. The fourth-order valence-corrected chi connectivity index (χ4v) is 6.33. The van der Waals surface area contributed by atoms with Crippen LogP contribution in [0, 0.1) is 5.92 Å². The number of rotatable bonds is 6. The lowest BCUT2D eigenvalue weighted by atomic mass is 9.85. The molecule has 0 saturated heterocycles. The van der Waals surface area contributed by atoms with Crippen molar-refractivity contribution < 1.29 is 14.3 Å². The van der Waals surface area contributed by atoms with E-state index in [-0.39, 0.29) is 24.0 Å². The molecule has 1 aromatic carbocycles. The maximum atomic E-state index is 13.9. The topological polar surface area (TPSA) is 63.6 Å². The molecule has 0 spiro atoms. The highest BCUT2D eigenvalue weighted by atomic mass is 32.1. The van der Waals surface area contributed by atoms with Gasteiger partial charge in [0.05, 0.1) is 22.9 Å². The summed E-state index contributed by atoms with van der Waals surface area (Å²) in [7, 11) is 0. The summed E-state index contributed by atoms with van der Waals surface area (Å²) in [6.07, 6.45) is 4.58. The van der Waals surface area contributed by atoms with Gasteiger partial charge in [0.2, 0.25) is 5.91 Å². The van der Waals surface area contributed by atoms with Crippen LogP contribution in [-0.4, -0.2) is 39.0 Å². The average molecular weight is 494 g/mol. The molecule has 35 heavy (non-hydrogen) atoms. The molecule has 5 rings (SSSR count). The Balaban J connectivity index is 1.48. The molecular weight excluding hydrogens is 458 g/mol. The lowest BCUT2D eigenvalue weighted by Crippen LogP contribution is -2.65. The van der Waals surface area contributed by atoms with Crippen molar-refractivity contribution in [1.29, 1.82) is 0 Å². The molecule has 1 saturated carbocycles. The van der Waals surface area contributed by atoms with Crippen molar-refractivity contribution >= 4 is 33.4 Å². The molecular formula is C28H35N3O3S. The second-order valence-electron chi connectivity index (χ2n) is 10.6. The zero-order chi connectivity index (χ0) is 24.7. The minimum Gasteiger partial charge on any atom is -0.491 e. The van der Waals surface area contributed by atoms with Gasteiger partial charge in [-0.05, 0) is 74.7 Å². The van der Waals surface area contributed by atoms with E-state index >= 15 is 0 Å². The first-order valence-electron chi connectivity index (χ1n) is 12.7. The van der Waals surface area contributed by atoms with Crippen LogP contribution in [0.15, 0.2) is 41.8 Å². The van der Waals surface area contributed by atoms with Gasteiger partial charge in [-0.1, -0.05) is 31.9 Å². The fourth-order valence-electron chi connectivity index (χ4n) is 5.50. The highest BCUT2D eigenvalue weighted by Crippen LogP contribution is 2.36. The molecule has 0 bridgehead atoms. The first-order valence-corrected chi connectivity index (χ1v) is 13.6. The van der Waals surface area contributed by atoms with Crippen molar-refractivity contribution in [2.24, 2.45) is 5.92 Å². The largest absolute Gasteiger partial charge is 0.491 e. The number of nitrogens with one attached hydrogen (secondary N) is 1. The number of amides is 2. The zero-order valence-electron chi connectivity index (χ0n) is 21.0. The number of hydrogen-bond donors (Lipinski definition) is 1. The van der Waals surface area contributed by atoms with Gasteiger partial charge >= 0.3 is 0 Å². The number of thiophene rings is 1. The third-order valence-corrected chi connectivity index (χ3v) is 8.45. The second-order valence-corrected chi connectivity index (χ2v) is 11.6. The van der Waals surface area contributed by atoms with Gasteiger partial charge < -0.3 is 19.5 Å². The Kier molecular flexibility index (Phi) is 6.38. The Labute approximate surface area is 211 Å². The van der Waals surface area contributed by atoms with Gasteiger partial charge in [0.15, 0.2) is 0 Å². The van der Waals surface area contributed by atoms with Crippen LogP contribution >= 0.6 is 11.3 Å². The molecule has 3 heterocycles. The predicted molar refractivity (Wildman–Crippen MR) is 140 cm³/mol. The van der Waals surface area contributed by atoms with Crippen LogP contribution in [0.1, 0.15) is 69.4 Å². The van der Waals surface area contributed by atoms with Crippen molar-refractivity contribution in [1.82, 2.24) is 14.8 Å². The van der Waals surface area contributed by atoms with Gasteiger partial charge in [-0.25, -0.2) is 0 Å². The van der Waals surface area contributed by atoms with Crippen molar-refractivity contribution in [2.75, 3.05) is 0 Å². The van der Waals surface area contributed by atoms with Crippen molar-refractivity contribution in [3.63, 3.8) is 0 Å². The van der Waals surface area contributed by atoms with E-state index in [0.717, 1.165) is 40.8 Å². The van der Waals surface area contributed by atoms with Gasteiger partial charge in [-0.2, -0.15) is 0 Å². The molecule has 2 aromatic heterocycles. The first-order chi connectivity index (χ1) is 16.8. The summed E-state index contributed by atoms with van der Waals surface area (Å²) >= 11 is 1.63. The van der Waals surface area contributed by atoms with Crippen LogP contribution in [0.3, 0.4) is 0 Å². The average Bonchev–Trinajstić information content (AvgIpc) is 3.41. The van der Waals surface area contributed by atoms with Gasteiger partial charge in [0.25, 0.3) is 5.91 Å². The van der Waals surface area contributed by atoms with E-state index in [1.165, 1.54) is 6.42 Å². The third kappa shape index (κ3) is 4.46. The molecule has 186 valence electrons.